The molecule has 1 saturated heterocycles. The lowest BCUT2D eigenvalue weighted by Crippen LogP contribution is -2.41. The lowest BCUT2D eigenvalue weighted by Gasteiger charge is -2.33. The minimum Gasteiger partial charge on any atom is -0.306 e. The molecule has 0 spiro atoms. The molecule has 1 heteroatoms. The van der Waals surface area contributed by atoms with Gasteiger partial charge in [0.15, 0.2) is 0 Å². The van der Waals surface area contributed by atoms with Crippen LogP contribution in [0.25, 0.3) is 0 Å². The summed E-state index contributed by atoms with van der Waals surface area (Å²) in [5, 5.41) is 0. The van der Waals surface area contributed by atoms with Crippen LogP contribution in [-0.4, -0.2) is 25.0 Å². The molecule has 2 fully saturated rings. The van der Waals surface area contributed by atoms with Crippen LogP contribution in [0.5, 0.6) is 0 Å². The Morgan fingerprint density at radius 3 is 1.25 bits per heavy atom. The maximum atomic E-state index is 2.32. The number of likely N-dealkylation sites (tertiary alicyclic amines) is 1. The van der Waals surface area contributed by atoms with E-state index >= 15 is 0 Å². The fourth-order valence-electron chi connectivity index (χ4n) is 2.32. The molecule has 0 aromatic rings. The number of nitrogens with zero attached hydrogens (tertiary/aromatic N) is 1. The molecule has 0 N–H and O–H groups in total. The Kier molecular flexibility index (Phi) is 3.57. The van der Waals surface area contributed by atoms with Gasteiger partial charge >= 0.3 is 0 Å². The Labute approximate surface area is 77.1 Å². The fraction of sp³-hybridized carbons (Fsp3) is 1.00. The van der Waals surface area contributed by atoms with Crippen molar-refractivity contribution in [1.29, 1.82) is 0 Å². The summed E-state index contributed by atoms with van der Waals surface area (Å²) < 4.78 is 0. The third-order valence-electron chi connectivity index (χ3n) is 2.86. The average Bonchev–Trinajstić information content (AvgIpc) is 1.84. The largest absolute Gasteiger partial charge is 0.306 e. The summed E-state index contributed by atoms with van der Waals surface area (Å²) in [5.41, 5.74) is 0. The fourth-order valence-corrected chi connectivity index (χ4v) is 2.32. The van der Waals surface area contributed by atoms with Gasteiger partial charge in [0.05, 0.1) is 0 Å². The first kappa shape index (κ1) is 10.0. The van der Waals surface area contributed by atoms with E-state index in [9.17, 15) is 0 Å². The zero-order chi connectivity index (χ0) is 9.14. The zero-order valence-electron chi connectivity index (χ0n) is 9.01. The molecule has 2 aliphatic rings. The molecule has 0 amide bonds. The summed E-state index contributed by atoms with van der Waals surface area (Å²) in [6.07, 6.45) is 2.94. The van der Waals surface area contributed by atoms with Gasteiger partial charge in [0.2, 0.25) is 0 Å². The van der Waals surface area contributed by atoms with Crippen molar-refractivity contribution in [2.24, 2.45) is 17.8 Å². The summed E-state index contributed by atoms with van der Waals surface area (Å²) in [4.78, 5) is 2.32. The minimum absolute atomic E-state index is 0.968. The highest BCUT2D eigenvalue weighted by molar-refractivity contribution is 4.71. The molecule has 1 saturated carbocycles. The van der Waals surface area contributed by atoms with Crippen LogP contribution in [0.1, 0.15) is 33.6 Å². The Morgan fingerprint density at radius 2 is 1.25 bits per heavy atom. The van der Waals surface area contributed by atoms with Gasteiger partial charge in [-0.1, -0.05) is 20.8 Å². The highest BCUT2D eigenvalue weighted by atomic mass is 15.2. The molecule has 1 heterocycles. The van der Waals surface area contributed by atoms with Crippen LogP contribution in [-0.2, 0) is 0 Å². The molecule has 1 nitrogen and oxygen atoms in total. The molecule has 0 bridgehead atoms. The van der Waals surface area contributed by atoms with Gasteiger partial charge in [-0.3, -0.25) is 0 Å². The summed E-state index contributed by atoms with van der Waals surface area (Å²) in [5.74, 6) is 3.05. The SMILES string of the molecule is CC1CC(C)C1.CC1CN(C)C1. The first-order valence-electron chi connectivity index (χ1n) is 5.26. The molecule has 0 aromatic carbocycles. The van der Waals surface area contributed by atoms with E-state index in [4.69, 9.17) is 0 Å². The maximum absolute atomic E-state index is 2.32. The van der Waals surface area contributed by atoms with E-state index in [-0.39, 0.29) is 0 Å². The Bertz CT molecular complexity index is 93.0. The molecule has 72 valence electrons. The van der Waals surface area contributed by atoms with Crippen LogP contribution in [0.4, 0.5) is 0 Å². The predicted molar refractivity (Wildman–Crippen MR) is 54.2 cm³/mol. The monoisotopic (exact) mass is 169 g/mol. The van der Waals surface area contributed by atoms with E-state index in [0.29, 0.717) is 0 Å². The minimum atomic E-state index is 0.968. The van der Waals surface area contributed by atoms with E-state index in [1.165, 1.54) is 25.9 Å². The molecular formula is C11H23N. The van der Waals surface area contributed by atoms with Crippen molar-refractivity contribution in [3.8, 4) is 0 Å². The van der Waals surface area contributed by atoms with E-state index in [1.807, 2.05) is 0 Å². The molecule has 0 unspecified atom stereocenters. The van der Waals surface area contributed by atoms with Gasteiger partial charge in [0.1, 0.15) is 0 Å². The second-order valence-corrected chi connectivity index (χ2v) is 5.01. The second kappa shape index (κ2) is 4.27. The first-order valence-corrected chi connectivity index (χ1v) is 5.26. The third kappa shape index (κ3) is 3.14. The van der Waals surface area contributed by atoms with Crippen LogP contribution < -0.4 is 0 Å². The van der Waals surface area contributed by atoms with Gasteiger partial charge in [-0.2, -0.15) is 0 Å². The van der Waals surface area contributed by atoms with Crippen LogP contribution in [0.2, 0.25) is 0 Å². The van der Waals surface area contributed by atoms with Crippen LogP contribution in [0, 0.1) is 17.8 Å². The number of hydrogen-bond donors (Lipinski definition) is 0. The molecule has 1 aliphatic carbocycles. The van der Waals surface area contributed by atoms with E-state index in [2.05, 4.69) is 32.7 Å². The van der Waals surface area contributed by atoms with Gasteiger partial charge in [0, 0.05) is 13.1 Å². The normalized spacial score (nSPS) is 36.0. The average molecular weight is 169 g/mol. The third-order valence-corrected chi connectivity index (χ3v) is 2.86. The Hall–Kier alpha value is -0.0400. The van der Waals surface area contributed by atoms with Crippen molar-refractivity contribution >= 4 is 0 Å². The maximum Gasteiger partial charge on any atom is 0.00163 e. The first-order chi connectivity index (χ1) is 5.58. The number of hydrogen-bond acceptors (Lipinski definition) is 1. The lowest BCUT2D eigenvalue weighted by molar-refractivity contribution is 0.149. The molecule has 0 radical (unpaired) electrons. The van der Waals surface area contributed by atoms with Crippen LogP contribution in [0.3, 0.4) is 0 Å². The Balaban J connectivity index is 0.000000120. The molecule has 2 rings (SSSR count). The van der Waals surface area contributed by atoms with Gasteiger partial charge in [0.25, 0.3) is 0 Å². The summed E-state index contributed by atoms with van der Waals surface area (Å²) in [6, 6.07) is 0. The second-order valence-electron chi connectivity index (χ2n) is 5.01. The van der Waals surface area contributed by atoms with Gasteiger partial charge in [-0.15, -0.1) is 0 Å². The van der Waals surface area contributed by atoms with Crippen LogP contribution in [0.15, 0.2) is 0 Å². The number of rotatable bonds is 0. The van der Waals surface area contributed by atoms with Gasteiger partial charge < -0.3 is 4.90 Å². The standard InChI is InChI=1S/C6H12.C5H11N/c2*1-5-3-6(2)4-5/h5-6H,3-4H2,1-2H3;5H,3-4H2,1-2H3. The van der Waals surface area contributed by atoms with E-state index < -0.39 is 0 Å². The molecule has 12 heavy (non-hydrogen) atoms. The van der Waals surface area contributed by atoms with E-state index in [1.54, 1.807) is 0 Å². The van der Waals surface area contributed by atoms with Gasteiger partial charge in [-0.05, 0) is 37.6 Å². The molecular weight excluding hydrogens is 146 g/mol. The van der Waals surface area contributed by atoms with Crippen molar-refractivity contribution in [1.82, 2.24) is 4.90 Å². The van der Waals surface area contributed by atoms with Crippen molar-refractivity contribution in [2.45, 2.75) is 33.6 Å². The topological polar surface area (TPSA) is 3.24 Å². The Morgan fingerprint density at radius 1 is 0.833 bits per heavy atom. The molecule has 0 aromatic heterocycles. The lowest BCUT2D eigenvalue weighted by atomic mass is 9.78. The highest BCUT2D eigenvalue weighted by Crippen LogP contribution is 2.31. The van der Waals surface area contributed by atoms with Crippen molar-refractivity contribution in [3.63, 3.8) is 0 Å². The summed E-state index contributed by atoms with van der Waals surface area (Å²) in [6.45, 7) is 9.53. The van der Waals surface area contributed by atoms with Crippen molar-refractivity contribution < 1.29 is 0 Å². The molecule has 1 aliphatic heterocycles. The van der Waals surface area contributed by atoms with Crippen LogP contribution >= 0.6 is 0 Å². The predicted octanol–water partition coefficient (Wildman–Crippen LogP) is 2.62. The summed E-state index contributed by atoms with van der Waals surface area (Å²) >= 11 is 0. The summed E-state index contributed by atoms with van der Waals surface area (Å²) in [7, 11) is 2.15. The van der Waals surface area contributed by atoms with Gasteiger partial charge in [-0.25, -0.2) is 0 Å². The zero-order valence-corrected chi connectivity index (χ0v) is 9.01. The quantitative estimate of drug-likeness (QED) is 0.539. The van der Waals surface area contributed by atoms with Crippen molar-refractivity contribution in [2.75, 3.05) is 20.1 Å². The van der Waals surface area contributed by atoms with E-state index in [0.717, 1.165) is 17.8 Å². The smallest absolute Gasteiger partial charge is 0.00163 e. The van der Waals surface area contributed by atoms with Crippen molar-refractivity contribution in [3.05, 3.63) is 0 Å². The molecule has 0 atom stereocenters. The highest BCUT2D eigenvalue weighted by Gasteiger charge is 2.19.